The Kier molecular flexibility index (Phi) is 4.31. The summed E-state index contributed by atoms with van der Waals surface area (Å²) in [4.78, 5) is 27.3. The van der Waals surface area contributed by atoms with Crippen molar-refractivity contribution >= 4 is 28.3 Å². The van der Waals surface area contributed by atoms with E-state index < -0.39 is 5.91 Å². The summed E-state index contributed by atoms with van der Waals surface area (Å²) in [5, 5.41) is 2.93. The second-order valence-corrected chi connectivity index (χ2v) is 4.81. The molecule has 104 valence electrons. The van der Waals surface area contributed by atoms with Crippen LogP contribution < -0.4 is 15.8 Å². The molecule has 0 saturated carbocycles. The van der Waals surface area contributed by atoms with Gasteiger partial charge in [0, 0.05) is 0 Å². The minimum atomic E-state index is -0.572. The summed E-state index contributed by atoms with van der Waals surface area (Å²) >= 11 is 1.02. The number of benzene rings is 1. The van der Waals surface area contributed by atoms with E-state index in [4.69, 9.17) is 10.5 Å². The van der Waals surface area contributed by atoms with Gasteiger partial charge in [0.1, 0.15) is 10.6 Å². The monoisotopic (exact) mass is 291 g/mol. The summed E-state index contributed by atoms with van der Waals surface area (Å²) in [6.07, 6.45) is 1.33. The highest BCUT2D eigenvalue weighted by Gasteiger charge is 2.14. The Morgan fingerprint density at radius 3 is 2.80 bits per heavy atom. The lowest BCUT2D eigenvalue weighted by atomic mass is 10.2. The molecular weight excluding hydrogens is 278 g/mol. The Labute approximate surface area is 119 Å². The maximum Gasteiger partial charge on any atom is 0.261 e. The minimum Gasteiger partial charge on any atom is -0.493 e. The van der Waals surface area contributed by atoms with Crippen molar-refractivity contribution < 1.29 is 14.3 Å². The zero-order valence-electron chi connectivity index (χ0n) is 10.8. The molecule has 0 radical (unpaired) electrons. The molecule has 0 aliphatic heterocycles. The summed E-state index contributed by atoms with van der Waals surface area (Å²) in [5.41, 5.74) is 5.54. The second-order valence-electron chi connectivity index (χ2n) is 3.78. The number of para-hydroxylation sites is 1. The SMILES string of the molecule is CCOc1ccccc1C(=O)Nc1ncc(C(N)=O)s1. The molecule has 0 fully saturated rings. The van der Waals surface area contributed by atoms with Crippen LogP contribution in [0.2, 0.25) is 0 Å². The molecule has 0 unspecified atom stereocenters. The highest BCUT2D eigenvalue weighted by Crippen LogP contribution is 2.22. The highest BCUT2D eigenvalue weighted by molar-refractivity contribution is 7.17. The largest absolute Gasteiger partial charge is 0.493 e. The number of nitrogens with two attached hydrogens (primary N) is 1. The van der Waals surface area contributed by atoms with Gasteiger partial charge in [-0.05, 0) is 19.1 Å². The number of thiazole rings is 1. The number of hydrogen-bond acceptors (Lipinski definition) is 5. The number of rotatable bonds is 5. The third-order valence-corrected chi connectivity index (χ3v) is 3.33. The number of aromatic nitrogens is 1. The molecule has 3 N–H and O–H groups in total. The summed E-state index contributed by atoms with van der Waals surface area (Å²) in [7, 11) is 0. The van der Waals surface area contributed by atoms with Gasteiger partial charge in [0.15, 0.2) is 5.13 Å². The Bertz CT molecular complexity index is 639. The first-order valence-electron chi connectivity index (χ1n) is 5.90. The normalized spacial score (nSPS) is 10.1. The summed E-state index contributed by atoms with van der Waals surface area (Å²) in [5.74, 6) is -0.420. The Hall–Kier alpha value is -2.41. The molecule has 2 amide bonds. The second kappa shape index (κ2) is 6.16. The number of ether oxygens (including phenoxy) is 1. The van der Waals surface area contributed by atoms with Crippen molar-refractivity contribution in [3.8, 4) is 5.75 Å². The maximum atomic E-state index is 12.1. The third kappa shape index (κ3) is 3.12. The molecule has 20 heavy (non-hydrogen) atoms. The molecule has 7 heteroatoms. The number of nitrogens with one attached hydrogen (secondary N) is 1. The number of nitrogens with zero attached hydrogens (tertiary/aromatic N) is 1. The van der Waals surface area contributed by atoms with Crippen LogP contribution in [-0.4, -0.2) is 23.4 Å². The summed E-state index contributed by atoms with van der Waals surface area (Å²) in [6.45, 7) is 2.31. The average Bonchev–Trinajstić information content (AvgIpc) is 2.88. The van der Waals surface area contributed by atoms with Crippen molar-refractivity contribution in [1.29, 1.82) is 0 Å². The molecular formula is C13H13N3O3S. The smallest absolute Gasteiger partial charge is 0.261 e. The number of hydrogen-bond donors (Lipinski definition) is 2. The van der Waals surface area contributed by atoms with E-state index >= 15 is 0 Å². The van der Waals surface area contributed by atoms with Crippen molar-refractivity contribution in [1.82, 2.24) is 4.98 Å². The Morgan fingerprint density at radius 1 is 1.40 bits per heavy atom. The predicted octanol–water partition coefficient (Wildman–Crippen LogP) is 1.89. The van der Waals surface area contributed by atoms with Gasteiger partial charge in [-0.25, -0.2) is 4.98 Å². The zero-order chi connectivity index (χ0) is 14.5. The quantitative estimate of drug-likeness (QED) is 0.879. The van der Waals surface area contributed by atoms with Crippen molar-refractivity contribution in [3.63, 3.8) is 0 Å². The maximum absolute atomic E-state index is 12.1. The fourth-order valence-corrected chi connectivity index (χ4v) is 2.21. The fourth-order valence-electron chi connectivity index (χ4n) is 1.55. The van der Waals surface area contributed by atoms with Gasteiger partial charge in [0.25, 0.3) is 11.8 Å². The van der Waals surface area contributed by atoms with Gasteiger partial charge in [-0.15, -0.1) is 0 Å². The lowest BCUT2D eigenvalue weighted by molar-refractivity contribution is 0.1000. The van der Waals surface area contributed by atoms with Crippen LogP contribution in [0.1, 0.15) is 27.0 Å². The van der Waals surface area contributed by atoms with Crippen molar-refractivity contribution in [3.05, 3.63) is 40.9 Å². The van der Waals surface area contributed by atoms with Crippen LogP contribution in [0.4, 0.5) is 5.13 Å². The van der Waals surface area contributed by atoms with Crippen LogP contribution in [0.25, 0.3) is 0 Å². The van der Waals surface area contributed by atoms with Crippen LogP contribution in [0.15, 0.2) is 30.5 Å². The molecule has 1 aromatic heterocycles. The van der Waals surface area contributed by atoms with Gasteiger partial charge in [-0.3, -0.25) is 14.9 Å². The molecule has 0 bridgehead atoms. The standard InChI is InChI=1S/C13H13N3O3S/c1-2-19-9-6-4-3-5-8(9)12(18)16-13-15-7-10(20-13)11(14)17/h3-7H,2H2,1H3,(H2,14,17)(H,15,16,18). The molecule has 0 atom stereocenters. The molecule has 0 spiro atoms. The van der Waals surface area contributed by atoms with E-state index in [0.717, 1.165) is 11.3 Å². The van der Waals surface area contributed by atoms with Gasteiger partial charge >= 0.3 is 0 Å². The third-order valence-electron chi connectivity index (χ3n) is 2.40. The highest BCUT2D eigenvalue weighted by atomic mass is 32.1. The van der Waals surface area contributed by atoms with Crippen molar-refractivity contribution in [2.24, 2.45) is 5.73 Å². The van der Waals surface area contributed by atoms with Crippen LogP contribution in [0, 0.1) is 0 Å². The van der Waals surface area contributed by atoms with Crippen molar-refractivity contribution in [2.75, 3.05) is 11.9 Å². The van der Waals surface area contributed by atoms with Crippen LogP contribution >= 0.6 is 11.3 Å². The van der Waals surface area contributed by atoms with E-state index in [0.29, 0.717) is 27.9 Å². The number of carbonyl (C=O) groups is 2. The molecule has 0 aliphatic carbocycles. The predicted molar refractivity (Wildman–Crippen MR) is 76.2 cm³/mol. The van der Waals surface area contributed by atoms with E-state index in [-0.39, 0.29) is 5.91 Å². The minimum absolute atomic E-state index is 0.290. The topological polar surface area (TPSA) is 94.3 Å². The lowest BCUT2D eigenvalue weighted by Crippen LogP contribution is -2.13. The van der Waals surface area contributed by atoms with E-state index in [1.807, 2.05) is 6.92 Å². The zero-order valence-corrected chi connectivity index (χ0v) is 11.6. The van der Waals surface area contributed by atoms with Crippen LogP contribution in [-0.2, 0) is 0 Å². The Balaban J connectivity index is 2.17. The summed E-state index contributed by atoms with van der Waals surface area (Å²) < 4.78 is 5.39. The average molecular weight is 291 g/mol. The van der Waals surface area contributed by atoms with Gasteiger partial charge < -0.3 is 10.5 Å². The van der Waals surface area contributed by atoms with Crippen molar-refractivity contribution in [2.45, 2.75) is 6.92 Å². The first kappa shape index (κ1) is 14.0. The molecule has 6 nitrogen and oxygen atoms in total. The molecule has 1 aromatic carbocycles. The number of primary amides is 1. The van der Waals surface area contributed by atoms with E-state index in [2.05, 4.69) is 10.3 Å². The molecule has 2 aromatic rings. The lowest BCUT2D eigenvalue weighted by Gasteiger charge is -2.08. The van der Waals surface area contributed by atoms with Gasteiger partial charge in [0.2, 0.25) is 0 Å². The molecule has 0 saturated heterocycles. The van der Waals surface area contributed by atoms with E-state index in [1.165, 1.54) is 6.20 Å². The molecule has 2 rings (SSSR count). The van der Waals surface area contributed by atoms with Gasteiger partial charge in [0.05, 0.1) is 18.4 Å². The number of amides is 2. The van der Waals surface area contributed by atoms with Gasteiger partial charge in [-0.1, -0.05) is 23.5 Å². The van der Waals surface area contributed by atoms with E-state index in [9.17, 15) is 9.59 Å². The number of anilines is 1. The molecule has 0 aliphatic rings. The van der Waals surface area contributed by atoms with E-state index in [1.54, 1.807) is 24.3 Å². The molecule has 1 heterocycles. The first-order valence-corrected chi connectivity index (χ1v) is 6.72. The summed E-state index contributed by atoms with van der Waals surface area (Å²) in [6, 6.07) is 6.91. The first-order chi connectivity index (χ1) is 9.61. The Morgan fingerprint density at radius 2 is 2.15 bits per heavy atom. The van der Waals surface area contributed by atoms with Crippen LogP contribution in [0.5, 0.6) is 5.75 Å². The fraction of sp³-hybridized carbons (Fsp3) is 0.154. The van der Waals surface area contributed by atoms with Crippen LogP contribution in [0.3, 0.4) is 0 Å². The number of carbonyl (C=O) groups excluding carboxylic acids is 2. The van der Waals surface area contributed by atoms with Gasteiger partial charge in [-0.2, -0.15) is 0 Å².